The maximum Gasteiger partial charge on any atom is 0.246 e. The van der Waals surface area contributed by atoms with E-state index in [0.717, 1.165) is 39.9 Å². The van der Waals surface area contributed by atoms with Crippen molar-refractivity contribution in [1.29, 1.82) is 0 Å². The number of para-hydroxylation sites is 1. The summed E-state index contributed by atoms with van der Waals surface area (Å²) >= 11 is 0. The first-order valence-electron chi connectivity index (χ1n) is 10.9. The average Bonchev–Trinajstić information content (AvgIpc) is 3.18. The summed E-state index contributed by atoms with van der Waals surface area (Å²) in [5.41, 5.74) is 4.13. The Bertz CT molecular complexity index is 1150. The molecule has 2 aromatic carbocycles. The number of amides is 2. The largest absolute Gasteiger partial charge is 0.497 e. The number of nitrogens with zero attached hydrogens (tertiary/aromatic N) is 2. The fourth-order valence-corrected chi connectivity index (χ4v) is 5.01. The zero-order valence-corrected chi connectivity index (χ0v) is 18.1. The second kappa shape index (κ2) is 7.45. The van der Waals surface area contributed by atoms with E-state index < -0.39 is 6.04 Å². The summed E-state index contributed by atoms with van der Waals surface area (Å²) in [7, 11) is 1.64. The zero-order chi connectivity index (χ0) is 21.7. The number of hydrogen-bond donors (Lipinski definition) is 1. The van der Waals surface area contributed by atoms with Crippen LogP contribution in [0.5, 0.6) is 5.75 Å². The van der Waals surface area contributed by atoms with E-state index in [-0.39, 0.29) is 30.4 Å². The molecule has 2 aliphatic heterocycles. The van der Waals surface area contributed by atoms with Gasteiger partial charge in [-0.2, -0.15) is 0 Å². The summed E-state index contributed by atoms with van der Waals surface area (Å²) in [4.78, 5) is 34.1. The van der Waals surface area contributed by atoms with E-state index >= 15 is 0 Å². The Morgan fingerprint density at radius 1 is 1.13 bits per heavy atom. The molecule has 0 aliphatic carbocycles. The van der Waals surface area contributed by atoms with Gasteiger partial charge in [-0.05, 0) is 42.7 Å². The molecule has 2 unspecified atom stereocenters. The Balaban J connectivity index is 1.68. The first-order valence-corrected chi connectivity index (χ1v) is 10.9. The molecule has 31 heavy (non-hydrogen) atoms. The van der Waals surface area contributed by atoms with Gasteiger partial charge in [0.05, 0.1) is 13.2 Å². The molecule has 0 bridgehead atoms. The predicted molar refractivity (Wildman–Crippen MR) is 119 cm³/mol. The number of piperazine rings is 1. The van der Waals surface area contributed by atoms with Gasteiger partial charge in [0, 0.05) is 29.1 Å². The van der Waals surface area contributed by atoms with Gasteiger partial charge >= 0.3 is 0 Å². The van der Waals surface area contributed by atoms with Crippen molar-refractivity contribution in [3.63, 3.8) is 0 Å². The molecule has 0 spiro atoms. The third-order valence-electron chi connectivity index (χ3n) is 6.85. The number of rotatable bonds is 4. The minimum atomic E-state index is -0.492. The van der Waals surface area contributed by atoms with Crippen LogP contribution in [-0.2, 0) is 16.0 Å². The van der Waals surface area contributed by atoms with E-state index in [1.807, 2.05) is 56.3 Å². The molecule has 3 aromatic rings. The van der Waals surface area contributed by atoms with Gasteiger partial charge in [-0.15, -0.1) is 0 Å². The number of aromatic nitrogens is 1. The first-order chi connectivity index (χ1) is 15.0. The highest BCUT2D eigenvalue weighted by atomic mass is 16.5. The highest BCUT2D eigenvalue weighted by Gasteiger charge is 2.48. The van der Waals surface area contributed by atoms with Gasteiger partial charge in [-0.3, -0.25) is 9.59 Å². The molecule has 6 heteroatoms. The molecule has 6 nitrogen and oxygen atoms in total. The smallest absolute Gasteiger partial charge is 0.246 e. The number of benzene rings is 2. The number of methoxy groups -OCH3 is 1. The summed E-state index contributed by atoms with van der Waals surface area (Å²) in [6.45, 7) is 4.20. The minimum Gasteiger partial charge on any atom is -0.497 e. The van der Waals surface area contributed by atoms with E-state index in [4.69, 9.17) is 4.74 Å². The second-order valence-corrected chi connectivity index (χ2v) is 8.48. The van der Waals surface area contributed by atoms with Crippen LogP contribution in [0.25, 0.3) is 10.9 Å². The van der Waals surface area contributed by atoms with Gasteiger partial charge in [0.1, 0.15) is 18.3 Å². The maximum absolute atomic E-state index is 13.6. The second-order valence-electron chi connectivity index (χ2n) is 8.48. The molecule has 1 aromatic heterocycles. The quantitative estimate of drug-likeness (QED) is 0.705. The van der Waals surface area contributed by atoms with E-state index in [9.17, 15) is 9.59 Å². The Morgan fingerprint density at radius 2 is 1.87 bits per heavy atom. The van der Waals surface area contributed by atoms with E-state index in [0.29, 0.717) is 6.42 Å². The van der Waals surface area contributed by atoms with Crippen LogP contribution < -0.4 is 4.74 Å². The van der Waals surface area contributed by atoms with Crippen molar-refractivity contribution < 1.29 is 14.3 Å². The number of nitrogens with one attached hydrogen (secondary N) is 1. The van der Waals surface area contributed by atoms with Gasteiger partial charge < -0.3 is 19.5 Å². The number of hydrogen-bond acceptors (Lipinski definition) is 3. The number of carbonyl (C=O) groups excluding carboxylic acids is 2. The van der Waals surface area contributed by atoms with Crippen LogP contribution >= 0.6 is 0 Å². The lowest BCUT2D eigenvalue weighted by molar-refractivity contribution is -0.160. The topological polar surface area (TPSA) is 65.6 Å². The van der Waals surface area contributed by atoms with E-state index in [1.165, 1.54) is 0 Å². The summed E-state index contributed by atoms with van der Waals surface area (Å²) in [5.74, 6) is 0.801. The third-order valence-corrected chi connectivity index (χ3v) is 6.85. The van der Waals surface area contributed by atoms with Crippen LogP contribution in [0.15, 0.2) is 48.5 Å². The van der Waals surface area contributed by atoms with Crippen LogP contribution in [0.3, 0.4) is 0 Å². The van der Waals surface area contributed by atoms with E-state index in [1.54, 1.807) is 16.9 Å². The normalized spacial score (nSPS) is 21.8. The van der Waals surface area contributed by atoms with Gasteiger partial charge in [0.2, 0.25) is 11.8 Å². The minimum absolute atomic E-state index is 0.00461. The average molecular weight is 418 g/mol. The van der Waals surface area contributed by atoms with Crippen molar-refractivity contribution in [3.05, 3.63) is 65.4 Å². The van der Waals surface area contributed by atoms with Crippen LogP contribution in [0.1, 0.15) is 43.1 Å². The van der Waals surface area contributed by atoms with E-state index in [2.05, 4.69) is 11.1 Å². The lowest BCUT2D eigenvalue weighted by Crippen LogP contribution is -2.64. The molecular formula is C25H27N3O3. The van der Waals surface area contributed by atoms with Gasteiger partial charge in [0.25, 0.3) is 0 Å². The number of fused-ring (bicyclic) bond motifs is 4. The lowest BCUT2D eigenvalue weighted by Gasteiger charge is -2.48. The van der Waals surface area contributed by atoms with Crippen LogP contribution in [0.4, 0.5) is 0 Å². The molecule has 2 amide bonds. The summed E-state index contributed by atoms with van der Waals surface area (Å²) in [6.07, 6.45) is 1.36. The Kier molecular flexibility index (Phi) is 4.73. The Hall–Kier alpha value is -3.28. The molecule has 160 valence electrons. The number of aromatic amines is 1. The molecule has 1 fully saturated rings. The highest BCUT2D eigenvalue weighted by molar-refractivity contribution is 5.97. The van der Waals surface area contributed by atoms with Crippen LogP contribution in [0, 0.1) is 0 Å². The number of carbonyl (C=O) groups is 2. The fourth-order valence-electron chi connectivity index (χ4n) is 5.01. The predicted octanol–water partition coefficient (Wildman–Crippen LogP) is 3.66. The van der Waals surface area contributed by atoms with Crippen molar-refractivity contribution in [2.24, 2.45) is 0 Å². The Morgan fingerprint density at radius 3 is 2.58 bits per heavy atom. The summed E-state index contributed by atoms with van der Waals surface area (Å²) in [5, 5.41) is 1.12. The summed E-state index contributed by atoms with van der Waals surface area (Å²) < 4.78 is 5.32. The van der Waals surface area contributed by atoms with Crippen LogP contribution in [-0.4, -0.2) is 52.3 Å². The van der Waals surface area contributed by atoms with Crippen LogP contribution in [0.2, 0.25) is 0 Å². The maximum atomic E-state index is 13.6. The first kappa shape index (κ1) is 19.7. The third kappa shape index (κ3) is 3.00. The van der Waals surface area contributed by atoms with Crippen molar-refractivity contribution in [3.8, 4) is 5.75 Å². The van der Waals surface area contributed by atoms with Crippen molar-refractivity contribution in [2.75, 3.05) is 13.7 Å². The Labute approximate surface area is 181 Å². The fraction of sp³-hybridized carbons (Fsp3) is 0.360. The zero-order valence-electron chi connectivity index (χ0n) is 18.1. The molecule has 1 saturated heterocycles. The molecule has 3 atom stereocenters. The van der Waals surface area contributed by atoms with Gasteiger partial charge in [-0.1, -0.05) is 37.3 Å². The van der Waals surface area contributed by atoms with Crippen molar-refractivity contribution in [2.45, 2.75) is 44.8 Å². The lowest BCUT2D eigenvalue weighted by atomic mass is 9.86. The molecule has 1 N–H and O–H groups in total. The summed E-state index contributed by atoms with van der Waals surface area (Å²) in [6, 6.07) is 15.2. The molecule has 0 saturated carbocycles. The molecule has 3 heterocycles. The number of H-pyrrole nitrogens is 1. The standard InChI is InChI=1S/C25H27N3O3/c1-4-15(2)27-14-22(29)28-21(25(27)30)13-19-18-7-5-6-8-20(18)26-23(19)24(28)16-9-11-17(31-3)12-10-16/h5-12,15,21,24,26H,4,13-14H2,1-3H3/t15?,21-,24?/m0/s1. The number of ether oxygens (including phenoxy) is 1. The van der Waals surface area contributed by atoms with Gasteiger partial charge in [0.15, 0.2) is 0 Å². The van der Waals surface area contributed by atoms with Crippen molar-refractivity contribution in [1.82, 2.24) is 14.8 Å². The SMILES string of the molecule is CCC(C)N1CC(=O)N2C(c3ccc(OC)cc3)c3[nH]c4ccccc4c3C[C@H]2C1=O. The monoisotopic (exact) mass is 417 g/mol. The molecule has 2 aliphatic rings. The van der Waals surface area contributed by atoms with Gasteiger partial charge in [-0.25, -0.2) is 0 Å². The molecule has 0 radical (unpaired) electrons. The molecule has 5 rings (SSSR count). The molecular weight excluding hydrogens is 390 g/mol. The van der Waals surface area contributed by atoms with Crippen molar-refractivity contribution >= 4 is 22.7 Å². The highest BCUT2D eigenvalue weighted by Crippen LogP contribution is 2.43.